The number of halogens is 1. The molecule has 2 aromatic rings. The SMILES string of the molecule is Cc1ccc(Br)c(C(=O)N2CCC[C@@H](C)C2CN2C(=O)c3ccccc3C2=O)n1. The first-order valence-electron chi connectivity index (χ1n) is 9.78. The first-order chi connectivity index (χ1) is 13.9. The number of carbonyl (C=O) groups is 3. The number of carbonyl (C=O) groups excluding carboxylic acids is 3. The quantitative estimate of drug-likeness (QED) is 0.661. The number of hydrogen-bond acceptors (Lipinski definition) is 4. The highest BCUT2D eigenvalue weighted by Crippen LogP contribution is 2.30. The van der Waals surface area contributed by atoms with Crippen LogP contribution < -0.4 is 0 Å². The lowest BCUT2D eigenvalue weighted by molar-refractivity contribution is 0.0365. The number of amides is 3. The zero-order valence-corrected chi connectivity index (χ0v) is 18.0. The molecule has 7 heteroatoms. The molecule has 1 aromatic heterocycles. The van der Waals surface area contributed by atoms with Gasteiger partial charge >= 0.3 is 0 Å². The molecule has 3 heterocycles. The van der Waals surface area contributed by atoms with E-state index < -0.39 is 0 Å². The van der Waals surface area contributed by atoms with Gasteiger partial charge in [-0.25, -0.2) is 4.98 Å². The number of rotatable bonds is 3. The molecule has 6 nitrogen and oxygen atoms in total. The third-order valence-electron chi connectivity index (χ3n) is 5.81. The van der Waals surface area contributed by atoms with E-state index in [0.29, 0.717) is 27.8 Å². The van der Waals surface area contributed by atoms with Crippen LogP contribution in [0.15, 0.2) is 40.9 Å². The maximum atomic E-state index is 13.3. The Hall–Kier alpha value is -2.54. The van der Waals surface area contributed by atoms with Crippen molar-refractivity contribution in [3.05, 3.63) is 63.4 Å². The number of pyridine rings is 1. The number of nitrogens with zero attached hydrogens (tertiary/aromatic N) is 3. The predicted octanol–water partition coefficient (Wildman–Crippen LogP) is 3.69. The Labute approximate surface area is 178 Å². The molecule has 0 aliphatic carbocycles. The molecule has 0 radical (unpaired) electrons. The van der Waals surface area contributed by atoms with Crippen molar-refractivity contribution in [3.63, 3.8) is 0 Å². The van der Waals surface area contributed by atoms with Crippen molar-refractivity contribution < 1.29 is 14.4 Å². The standard InChI is InChI=1S/C22H22BrN3O3/c1-13-6-5-11-25(22(29)19-17(23)10-9-14(2)24-19)18(13)12-26-20(27)15-7-3-4-8-16(15)21(26)28/h3-4,7-10,13,18H,5-6,11-12H2,1-2H3/t13-,18?/m1/s1. The minimum atomic E-state index is -0.286. The minimum Gasteiger partial charge on any atom is -0.332 e. The molecule has 1 unspecified atom stereocenters. The van der Waals surface area contributed by atoms with Gasteiger partial charge in [0, 0.05) is 16.7 Å². The van der Waals surface area contributed by atoms with Gasteiger partial charge in [-0.3, -0.25) is 19.3 Å². The van der Waals surface area contributed by atoms with Crippen LogP contribution in [0.4, 0.5) is 0 Å². The van der Waals surface area contributed by atoms with Gasteiger partial charge in [-0.2, -0.15) is 0 Å². The van der Waals surface area contributed by atoms with Gasteiger partial charge in [-0.15, -0.1) is 0 Å². The third kappa shape index (κ3) is 3.48. The van der Waals surface area contributed by atoms with Crippen molar-refractivity contribution in [2.75, 3.05) is 13.1 Å². The van der Waals surface area contributed by atoms with E-state index >= 15 is 0 Å². The van der Waals surface area contributed by atoms with E-state index in [9.17, 15) is 14.4 Å². The Morgan fingerprint density at radius 2 is 1.79 bits per heavy atom. The topological polar surface area (TPSA) is 70.6 Å². The van der Waals surface area contributed by atoms with E-state index in [1.54, 1.807) is 29.2 Å². The first-order valence-corrected chi connectivity index (χ1v) is 10.6. The summed E-state index contributed by atoms with van der Waals surface area (Å²) >= 11 is 3.43. The average Bonchev–Trinajstić information content (AvgIpc) is 2.96. The maximum absolute atomic E-state index is 13.3. The lowest BCUT2D eigenvalue weighted by Crippen LogP contribution is -2.54. The van der Waals surface area contributed by atoms with Gasteiger partial charge in [0.05, 0.1) is 23.7 Å². The van der Waals surface area contributed by atoms with E-state index in [-0.39, 0.29) is 36.2 Å². The van der Waals surface area contributed by atoms with Gasteiger partial charge in [0.25, 0.3) is 17.7 Å². The summed E-state index contributed by atoms with van der Waals surface area (Å²) in [6, 6.07) is 10.3. The second-order valence-corrected chi connectivity index (χ2v) is 8.59. The molecule has 2 aliphatic heterocycles. The molecule has 2 aliphatic rings. The summed E-state index contributed by atoms with van der Waals surface area (Å²) in [5, 5.41) is 0. The second-order valence-electron chi connectivity index (χ2n) is 7.73. The van der Waals surface area contributed by atoms with Crippen LogP contribution in [0.1, 0.15) is 56.7 Å². The summed E-state index contributed by atoms with van der Waals surface area (Å²) in [6.07, 6.45) is 1.83. The van der Waals surface area contributed by atoms with E-state index in [0.717, 1.165) is 18.5 Å². The Morgan fingerprint density at radius 1 is 1.14 bits per heavy atom. The molecule has 1 fully saturated rings. The van der Waals surface area contributed by atoms with Crippen LogP contribution in [-0.2, 0) is 0 Å². The molecule has 1 aromatic carbocycles. The number of benzene rings is 1. The fourth-order valence-electron chi connectivity index (χ4n) is 4.20. The van der Waals surface area contributed by atoms with Crippen molar-refractivity contribution in [3.8, 4) is 0 Å². The van der Waals surface area contributed by atoms with Gasteiger partial charge in [0.2, 0.25) is 0 Å². The minimum absolute atomic E-state index is 0.167. The van der Waals surface area contributed by atoms with Gasteiger partial charge in [0.1, 0.15) is 5.69 Å². The van der Waals surface area contributed by atoms with Crippen LogP contribution in [-0.4, -0.2) is 51.6 Å². The molecule has 0 N–H and O–H groups in total. The molecule has 150 valence electrons. The summed E-state index contributed by atoms with van der Waals surface area (Å²) in [5.41, 5.74) is 1.99. The average molecular weight is 456 g/mol. The molecule has 0 saturated carbocycles. The number of likely N-dealkylation sites (tertiary alicyclic amines) is 1. The fourth-order valence-corrected chi connectivity index (χ4v) is 4.59. The Kier molecular flexibility index (Phi) is 5.25. The maximum Gasteiger partial charge on any atom is 0.273 e. The predicted molar refractivity (Wildman–Crippen MR) is 112 cm³/mol. The van der Waals surface area contributed by atoms with E-state index in [2.05, 4.69) is 27.8 Å². The summed E-state index contributed by atoms with van der Waals surface area (Å²) < 4.78 is 0.644. The highest BCUT2D eigenvalue weighted by Gasteiger charge is 2.41. The zero-order chi connectivity index (χ0) is 20.7. The highest BCUT2D eigenvalue weighted by molar-refractivity contribution is 9.10. The number of fused-ring (bicyclic) bond motifs is 1. The molecule has 0 spiro atoms. The third-order valence-corrected chi connectivity index (χ3v) is 6.45. The molecular formula is C22H22BrN3O3. The fraction of sp³-hybridized carbons (Fsp3) is 0.364. The first kappa shape index (κ1) is 19.8. The normalized spacial score (nSPS) is 21.5. The van der Waals surface area contributed by atoms with Crippen molar-refractivity contribution >= 4 is 33.7 Å². The Bertz CT molecular complexity index is 972. The summed E-state index contributed by atoms with van der Waals surface area (Å²) in [5.74, 6) is -0.578. The largest absolute Gasteiger partial charge is 0.332 e. The number of hydrogen-bond donors (Lipinski definition) is 0. The van der Waals surface area contributed by atoms with E-state index in [1.165, 1.54) is 4.90 Å². The van der Waals surface area contributed by atoms with Gasteiger partial charge in [-0.05, 0) is 65.9 Å². The van der Waals surface area contributed by atoms with E-state index in [1.807, 2.05) is 19.1 Å². The molecule has 0 bridgehead atoms. The molecule has 4 rings (SSSR count). The van der Waals surface area contributed by atoms with Crippen LogP contribution in [0.5, 0.6) is 0 Å². The van der Waals surface area contributed by atoms with Crippen molar-refractivity contribution in [1.29, 1.82) is 0 Å². The molecule has 29 heavy (non-hydrogen) atoms. The Morgan fingerprint density at radius 3 is 2.45 bits per heavy atom. The number of imide groups is 1. The number of aromatic nitrogens is 1. The van der Waals surface area contributed by atoms with Crippen molar-refractivity contribution in [2.24, 2.45) is 5.92 Å². The van der Waals surface area contributed by atoms with Crippen molar-refractivity contribution in [1.82, 2.24) is 14.8 Å². The number of aryl methyl sites for hydroxylation is 1. The summed E-state index contributed by atoms with van der Waals surface area (Å²) in [7, 11) is 0. The van der Waals surface area contributed by atoms with Gasteiger partial charge < -0.3 is 4.90 Å². The molecule has 3 amide bonds. The van der Waals surface area contributed by atoms with Gasteiger partial charge in [-0.1, -0.05) is 19.1 Å². The second kappa shape index (κ2) is 7.71. The summed E-state index contributed by atoms with van der Waals surface area (Å²) in [6.45, 7) is 4.70. The lowest BCUT2D eigenvalue weighted by Gasteiger charge is -2.41. The molecule has 2 atom stereocenters. The lowest BCUT2D eigenvalue weighted by atomic mass is 9.90. The highest BCUT2D eigenvalue weighted by atomic mass is 79.9. The zero-order valence-electron chi connectivity index (χ0n) is 16.4. The summed E-state index contributed by atoms with van der Waals surface area (Å²) in [4.78, 5) is 46.4. The van der Waals surface area contributed by atoms with E-state index in [4.69, 9.17) is 0 Å². The smallest absolute Gasteiger partial charge is 0.273 e. The molecule has 1 saturated heterocycles. The van der Waals surface area contributed by atoms with Crippen LogP contribution in [0.3, 0.4) is 0 Å². The molecular weight excluding hydrogens is 434 g/mol. The van der Waals surface area contributed by atoms with Crippen molar-refractivity contribution in [2.45, 2.75) is 32.7 Å². The number of piperidine rings is 1. The van der Waals surface area contributed by atoms with Crippen LogP contribution in [0.25, 0.3) is 0 Å². The van der Waals surface area contributed by atoms with Crippen LogP contribution >= 0.6 is 15.9 Å². The van der Waals surface area contributed by atoms with Crippen LogP contribution in [0, 0.1) is 12.8 Å². The van der Waals surface area contributed by atoms with Crippen LogP contribution in [0.2, 0.25) is 0 Å². The monoisotopic (exact) mass is 455 g/mol. The Balaban J connectivity index is 1.63. The van der Waals surface area contributed by atoms with Gasteiger partial charge in [0.15, 0.2) is 0 Å².